The minimum Gasteiger partial charge on any atom is -0.453 e. The van der Waals surface area contributed by atoms with Gasteiger partial charge in [0.1, 0.15) is 11.9 Å². The highest BCUT2D eigenvalue weighted by Gasteiger charge is 2.43. The molecule has 1 aromatic heterocycles. The highest BCUT2D eigenvalue weighted by atomic mass is 16.5. The normalized spacial score (nSPS) is 18.4. The molecule has 49 heavy (non-hydrogen) atoms. The number of nitrogens with one attached hydrogen (secondary N) is 3. The number of hydrogen-bond acceptors (Lipinski definition) is 5. The number of benzene rings is 3. The molecule has 4 aromatic rings. The Balaban J connectivity index is 1.16. The van der Waals surface area contributed by atoms with Crippen LogP contribution in [0.15, 0.2) is 66.9 Å². The van der Waals surface area contributed by atoms with E-state index < -0.39 is 12.1 Å². The number of H-pyrrole nitrogens is 1. The van der Waals surface area contributed by atoms with E-state index in [1.54, 1.807) is 0 Å². The predicted molar refractivity (Wildman–Crippen MR) is 191 cm³/mol. The summed E-state index contributed by atoms with van der Waals surface area (Å²) in [5.74, 6) is 0.556. The topological polar surface area (TPSA) is 116 Å². The molecule has 2 fully saturated rings. The lowest BCUT2D eigenvalue weighted by Crippen LogP contribution is -2.51. The van der Waals surface area contributed by atoms with Crippen LogP contribution in [-0.4, -0.2) is 53.0 Å². The van der Waals surface area contributed by atoms with Crippen molar-refractivity contribution in [3.63, 3.8) is 0 Å². The van der Waals surface area contributed by atoms with Gasteiger partial charge in [-0.3, -0.25) is 9.59 Å². The first kappa shape index (κ1) is 32.6. The highest BCUT2D eigenvalue weighted by molar-refractivity contribution is 5.87. The SMILES string of the molecule is COC(=O)NC(C(=O)N1CCCC1c1ncc(-c2ccc(-c3ccc(-c4cccc(NC=O)c4)c4c3C3(CCCC3)CC4)cc2)[nH]1)C(C)C. The molecule has 2 atom stereocenters. The average molecular weight is 660 g/mol. The molecular weight excluding hydrogens is 614 g/mol. The summed E-state index contributed by atoms with van der Waals surface area (Å²) < 4.78 is 4.77. The Hall–Kier alpha value is -4.92. The third-order valence-corrected chi connectivity index (χ3v) is 11.0. The monoisotopic (exact) mass is 659 g/mol. The number of likely N-dealkylation sites (tertiary alicyclic amines) is 1. The molecule has 1 saturated carbocycles. The summed E-state index contributed by atoms with van der Waals surface area (Å²) in [4.78, 5) is 46.8. The minimum atomic E-state index is -0.668. The number of alkyl carbamates (subject to hydrolysis) is 1. The molecular formula is C40H45N5O4. The van der Waals surface area contributed by atoms with Gasteiger partial charge in [0, 0.05) is 12.2 Å². The maximum absolute atomic E-state index is 13.6. The van der Waals surface area contributed by atoms with Crippen molar-refractivity contribution in [2.75, 3.05) is 19.0 Å². The van der Waals surface area contributed by atoms with Gasteiger partial charge in [-0.05, 0) is 101 Å². The van der Waals surface area contributed by atoms with E-state index in [1.165, 1.54) is 67.0 Å². The summed E-state index contributed by atoms with van der Waals surface area (Å²) in [7, 11) is 1.30. The lowest BCUT2D eigenvalue weighted by molar-refractivity contribution is -0.135. The van der Waals surface area contributed by atoms with E-state index in [-0.39, 0.29) is 23.3 Å². The number of amides is 3. The molecule has 2 heterocycles. The van der Waals surface area contributed by atoms with Gasteiger partial charge in [0.05, 0.1) is 25.0 Å². The molecule has 2 unspecified atom stereocenters. The first-order chi connectivity index (χ1) is 23.8. The number of methoxy groups -OCH3 is 1. The van der Waals surface area contributed by atoms with Gasteiger partial charge in [0.15, 0.2) is 0 Å². The fourth-order valence-corrected chi connectivity index (χ4v) is 8.58. The quantitative estimate of drug-likeness (QED) is 0.159. The number of nitrogens with zero attached hydrogens (tertiary/aromatic N) is 2. The Labute approximate surface area is 287 Å². The van der Waals surface area contributed by atoms with Crippen molar-refractivity contribution in [2.45, 2.75) is 82.7 Å². The van der Waals surface area contributed by atoms with Crippen LogP contribution in [0.2, 0.25) is 0 Å². The largest absolute Gasteiger partial charge is 0.453 e. The Morgan fingerprint density at radius 2 is 1.73 bits per heavy atom. The van der Waals surface area contributed by atoms with Crippen molar-refractivity contribution in [1.82, 2.24) is 20.2 Å². The van der Waals surface area contributed by atoms with Gasteiger partial charge in [-0.15, -0.1) is 0 Å². The van der Waals surface area contributed by atoms with E-state index in [4.69, 9.17) is 9.72 Å². The lowest BCUT2D eigenvalue weighted by atomic mass is 9.76. The molecule has 254 valence electrons. The third-order valence-electron chi connectivity index (χ3n) is 11.0. The third kappa shape index (κ3) is 6.11. The summed E-state index contributed by atoms with van der Waals surface area (Å²) in [5, 5.41) is 5.52. The zero-order chi connectivity index (χ0) is 34.1. The zero-order valence-corrected chi connectivity index (χ0v) is 28.6. The fourth-order valence-electron chi connectivity index (χ4n) is 8.58. The Kier molecular flexibility index (Phi) is 9.01. The van der Waals surface area contributed by atoms with E-state index in [2.05, 4.69) is 64.1 Å². The molecule has 9 nitrogen and oxygen atoms in total. The van der Waals surface area contributed by atoms with Crippen LogP contribution in [0.1, 0.15) is 81.8 Å². The molecule has 1 saturated heterocycles. The van der Waals surface area contributed by atoms with Gasteiger partial charge in [-0.1, -0.05) is 75.2 Å². The number of imidazole rings is 1. The van der Waals surface area contributed by atoms with Crippen LogP contribution in [0.5, 0.6) is 0 Å². The molecule has 9 heteroatoms. The molecule has 2 aliphatic carbocycles. The maximum Gasteiger partial charge on any atom is 0.407 e. The van der Waals surface area contributed by atoms with Gasteiger partial charge in [0.25, 0.3) is 0 Å². The molecule has 3 N–H and O–H groups in total. The minimum absolute atomic E-state index is 0.0867. The van der Waals surface area contributed by atoms with Crippen LogP contribution < -0.4 is 10.6 Å². The summed E-state index contributed by atoms with van der Waals surface area (Å²) in [6.07, 6.45) is 10.9. The molecule has 0 radical (unpaired) electrons. The summed E-state index contributed by atoms with van der Waals surface area (Å²) in [6, 6.07) is 20.6. The molecule has 0 bridgehead atoms. The molecule has 7 rings (SSSR count). The number of carbonyl (C=O) groups is 3. The van der Waals surface area contributed by atoms with Crippen LogP contribution in [-0.2, 0) is 26.2 Å². The van der Waals surface area contributed by atoms with Crippen LogP contribution in [0, 0.1) is 5.92 Å². The van der Waals surface area contributed by atoms with Crippen molar-refractivity contribution < 1.29 is 19.1 Å². The Morgan fingerprint density at radius 3 is 2.47 bits per heavy atom. The standard InChI is InChI=1S/C40H45N5O4/c1-25(2)36(44-39(48)49-3)38(47)45-21-7-10-34(45)37-41-23-33(43-37)27-13-11-26(12-14-27)31-16-15-30(28-8-6-9-29(22-28)42-24-46)32-17-20-40(35(31)32)18-4-5-19-40/h6,8-9,11-16,22-25,34,36H,4-5,7,10,17-21H2,1-3H3,(H,41,43)(H,42,46)(H,44,48). The van der Waals surface area contributed by atoms with Crippen molar-refractivity contribution in [3.05, 3.63) is 83.8 Å². The second-order valence-electron chi connectivity index (χ2n) is 14.2. The second-order valence-corrected chi connectivity index (χ2v) is 14.2. The van der Waals surface area contributed by atoms with E-state index in [0.29, 0.717) is 6.54 Å². The predicted octanol–water partition coefficient (Wildman–Crippen LogP) is 7.78. The van der Waals surface area contributed by atoms with E-state index in [9.17, 15) is 14.4 Å². The summed E-state index contributed by atoms with van der Waals surface area (Å²) >= 11 is 0. The molecule has 1 aliphatic heterocycles. The van der Waals surface area contributed by atoms with Crippen molar-refractivity contribution >= 4 is 24.1 Å². The number of hydrogen-bond donors (Lipinski definition) is 3. The Morgan fingerprint density at radius 1 is 0.980 bits per heavy atom. The van der Waals surface area contributed by atoms with E-state index in [1.807, 2.05) is 37.1 Å². The van der Waals surface area contributed by atoms with Gasteiger partial charge in [-0.2, -0.15) is 0 Å². The van der Waals surface area contributed by atoms with Crippen molar-refractivity contribution in [2.24, 2.45) is 5.92 Å². The number of fused-ring (bicyclic) bond motifs is 2. The smallest absolute Gasteiger partial charge is 0.407 e. The van der Waals surface area contributed by atoms with Crippen molar-refractivity contribution in [1.29, 1.82) is 0 Å². The lowest BCUT2D eigenvalue weighted by Gasteiger charge is -2.30. The number of anilines is 1. The van der Waals surface area contributed by atoms with Crippen LogP contribution in [0.25, 0.3) is 33.5 Å². The van der Waals surface area contributed by atoms with E-state index >= 15 is 0 Å². The summed E-state index contributed by atoms with van der Waals surface area (Å²) in [5.41, 5.74) is 10.9. The van der Waals surface area contributed by atoms with Crippen molar-refractivity contribution in [3.8, 4) is 33.5 Å². The Bertz CT molecular complexity index is 1860. The zero-order valence-electron chi connectivity index (χ0n) is 28.6. The first-order valence-corrected chi connectivity index (χ1v) is 17.6. The summed E-state index contributed by atoms with van der Waals surface area (Å²) in [6.45, 7) is 4.45. The number of aromatic amines is 1. The van der Waals surface area contributed by atoms with Gasteiger partial charge < -0.3 is 25.3 Å². The van der Waals surface area contributed by atoms with Gasteiger partial charge in [0.2, 0.25) is 12.3 Å². The van der Waals surface area contributed by atoms with Crippen LogP contribution in [0.4, 0.5) is 10.5 Å². The first-order valence-electron chi connectivity index (χ1n) is 17.6. The van der Waals surface area contributed by atoms with Crippen LogP contribution in [0.3, 0.4) is 0 Å². The van der Waals surface area contributed by atoms with E-state index in [0.717, 1.165) is 54.0 Å². The molecule has 1 spiro atoms. The maximum atomic E-state index is 13.6. The average Bonchev–Trinajstić information content (AvgIpc) is 3.95. The fraction of sp³-hybridized carbons (Fsp3) is 0.400. The van der Waals surface area contributed by atoms with Gasteiger partial charge in [-0.25, -0.2) is 9.78 Å². The molecule has 3 amide bonds. The van der Waals surface area contributed by atoms with Gasteiger partial charge >= 0.3 is 6.09 Å². The second kappa shape index (κ2) is 13.5. The number of rotatable bonds is 9. The van der Waals surface area contributed by atoms with Crippen LogP contribution >= 0.6 is 0 Å². The molecule has 3 aromatic carbocycles. The number of aromatic nitrogens is 2. The molecule has 3 aliphatic rings. The highest BCUT2D eigenvalue weighted by Crippen LogP contribution is 2.55. The number of carbonyl (C=O) groups excluding carboxylic acids is 3. The number of ether oxygens (including phenoxy) is 1.